The minimum absolute atomic E-state index is 0.184. The summed E-state index contributed by atoms with van der Waals surface area (Å²) in [7, 11) is 0. The normalized spacial score (nSPS) is 23.9. The van der Waals surface area contributed by atoms with Gasteiger partial charge in [-0.3, -0.25) is 4.79 Å². The zero-order valence-corrected chi connectivity index (χ0v) is 11.8. The van der Waals surface area contributed by atoms with E-state index in [-0.39, 0.29) is 5.91 Å². The quantitative estimate of drug-likeness (QED) is 0.879. The topological polar surface area (TPSA) is 55.1 Å². The number of nitrogens with one attached hydrogen (secondary N) is 1. The van der Waals surface area contributed by atoms with Gasteiger partial charge in [0.15, 0.2) is 0 Å². The van der Waals surface area contributed by atoms with Crippen LogP contribution in [0.4, 0.5) is 0 Å². The first kappa shape index (κ1) is 13.6. The molecule has 18 heavy (non-hydrogen) atoms. The van der Waals surface area contributed by atoms with Crippen LogP contribution < -0.4 is 11.1 Å². The van der Waals surface area contributed by atoms with Crippen LogP contribution in [0.2, 0.25) is 0 Å². The van der Waals surface area contributed by atoms with Gasteiger partial charge in [-0.25, -0.2) is 0 Å². The molecule has 1 aromatic rings. The van der Waals surface area contributed by atoms with Crippen molar-refractivity contribution in [2.24, 2.45) is 5.73 Å². The summed E-state index contributed by atoms with van der Waals surface area (Å²) in [5, 5.41) is 5.22. The lowest BCUT2D eigenvalue weighted by atomic mass is 9.92. The molecule has 3 N–H and O–H groups in total. The van der Waals surface area contributed by atoms with E-state index >= 15 is 0 Å². The number of rotatable bonds is 4. The fraction of sp³-hybridized carbons (Fsp3) is 0.643. The van der Waals surface area contributed by atoms with E-state index in [2.05, 4.69) is 23.7 Å². The third-order valence-corrected chi connectivity index (χ3v) is 4.77. The van der Waals surface area contributed by atoms with E-state index in [0.717, 1.165) is 32.1 Å². The minimum Gasteiger partial charge on any atom is -0.353 e. The zero-order chi connectivity index (χ0) is 13.0. The number of nitrogens with two attached hydrogens (primary N) is 1. The average molecular weight is 266 g/mol. The molecule has 1 saturated carbocycles. The molecule has 0 aliphatic heterocycles. The Hall–Kier alpha value is -0.870. The lowest BCUT2D eigenvalue weighted by molar-refractivity contribution is -0.122. The van der Waals surface area contributed by atoms with Gasteiger partial charge in [0.25, 0.3) is 0 Å². The average Bonchev–Trinajstić information content (AvgIpc) is 2.75. The molecule has 0 saturated heterocycles. The van der Waals surface area contributed by atoms with Crippen molar-refractivity contribution in [3.8, 4) is 0 Å². The molecule has 0 atom stereocenters. The van der Waals surface area contributed by atoms with Gasteiger partial charge in [0.1, 0.15) is 0 Å². The molecule has 1 aromatic heterocycles. The van der Waals surface area contributed by atoms with E-state index in [1.807, 2.05) is 0 Å². The van der Waals surface area contributed by atoms with Crippen LogP contribution in [0.5, 0.6) is 0 Å². The molecule has 3 nitrogen and oxygen atoms in total. The van der Waals surface area contributed by atoms with Crippen LogP contribution in [0.3, 0.4) is 0 Å². The van der Waals surface area contributed by atoms with Crippen molar-refractivity contribution in [3.63, 3.8) is 0 Å². The second kappa shape index (κ2) is 6.34. The van der Waals surface area contributed by atoms with E-state index in [0.29, 0.717) is 18.5 Å². The van der Waals surface area contributed by atoms with Crippen molar-refractivity contribution >= 4 is 17.2 Å². The maximum atomic E-state index is 11.9. The van der Waals surface area contributed by atoms with Gasteiger partial charge in [-0.15, -0.1) is 11.3 Å². The van der Waals surface area contributed by atoms with Crippen LogP contribution in [0.25, 0.3) is 0 Å². The maximum absolute atomic E-state index is 11.9. The molecular weight excluding hydrogens is 244 g/mol. The zero-order valence-electron chi connectivity index (χ0n) is 10.9. The Balaban J connectivity index is 1.71. The molecule has 0 unspecified atom stereocenters. The molecule has 1 amide bonds. The summed E-state index contributed by atoms with van der Waals surface area (Å²) in [5.41, 5.74) is 7.16. The largest absolute Gasteiger partial charge is 0.353 e. The Labute approximate surface area is 113 Å². The third-order valence-electron chi connectivity index (χ3n) is 3.68. The Bertz CT molecular complexity index is 394. The molecule has 1 aliphatic carbocycles. The van der Waals surface area contributed by atoms with Crippen molar-refractivity contribution < 1.29 is 4.79 Å². The van der Waals surface area contributed by atoms with Crippen molar-refractivity contribution in [1.29, 1.82) is 0 Å². The summed E-state index contributed by atoms with van der Waals surface area (Å²) in [6.45, 7) is 2.10. The van der Waals surface area contributed by atoms with Crippen molar-refractivity contribution in [1.82, 2.24) is 5.32 Å². The van der Waals surface area contributed by atoms with Gasteiger partial charge in [0.05, 0.1) is 0 Å². The maximum Gasteiger partial charge on any atom is 0.220 e. The van der Waals surface area contributed by atoms with Crippen LogP contribution in [-0.2, 0) is 11.2 Å². The fourth-order valence-electron chi connectivity index (χ4n) is 2.45. The van der Waals surface area contributed by atoms with Gasteiger partial charge in [0, 0.05) is 23.4 Å². The molecule has 0 bridgehead atoms. The van der Waals surface area contributed by atoms with E-state index in [1.54, 1.807) is 11.3 Å². The molecule has 0 spiro atoms. The molecule has 0 radical (unpaired) electrons. The van der Waals surface area contributed by atoms with Gasteiger partial charge < -0.3 is 11.1 Å². The van der Waals surface area contributed by atoms with Crippen molar-refractivity contribution in [2.75, 3.05) is 0 Å². The first-order valence-electron chi connectivity index (χ1n) is 6.73. The van der Waals surface area contributed by atoms with Crippen LogP contribution in [0.1, 0.15) is 42.5 Å². The van der Waals surface area contributed by atoms with E-state index in [4.69, 9.17) is 5.73 Å². The standard InChI is InChI=1S/C14H22N2OS/c1-10-8-9-18-13(10)6-7-14(17)16-12-4-2-11(15)3-5-12/h8-9,11-12H,2-7,15H2,1H3,(H,16,17). The van der Waals surface area contributed by atoms with E-state index in [9.17, 15) is 4.79 Å². The Kier molecular flexibility index (Phi) is 4.78. The minimum atomic E-state index is 0.184. The molecule has 1 heterocycles. The molecule has 100 valence electrons. The first-order chi connectivity index (χ1) is 8.65. The highest BCUT2D eigenvalue weighted by Crippen LogP contribution is 2.19. The molecule has 2 rings (SSSR count). The number of hydrogen-bond donors (Lipinski definition) is 2. The fourth-order valence-corrected chi connectivity index (χ4v) is 3.36. The second-order valence-corrected chi connectivity index (χ2v) is 6.21. The van der Waals surface area contributed by atoms with Crippen molar-refractivity contribution in [2.45, 2.75) is 57.5 Å². The SMILES string of the molecule is Cc1ccsc1CCC(=O)NC1CCC(N)CC1. The first-order valence-corrected chi connectivity index (χ1v) is 7.61. The summed E-state index contributed by atoms with van der Waals surface area (Å²) < 4.78 is 0. The highest BCUT2D eigenvalue weighted by molar-refractivity contribution is 7.10. The Morgan fingerprint density at radius 2 is 2.17 bits per heavy atom. The smallest absolute Gasteiger partial charge is 0.220 e. The van der Waals surface area contributed by atoms with Crippen LogP contribution in [-0.4, -0.2) is 18.0 Å². The predicted octanol–water partition coefficient (Wildman–Crippen LogP) is 2.38. The molecule has 1 fully saturated rings. The molecule has 1 aliphatic rings. The third kappa shape index (κ3) is 3.82. The molecule has 0 aromatic carbocycles. The van der Waals surface area contributed by atoms with Crippen LogP contribution in [0, 0.1) is 6.92 Å². The summed E-state index contributed by atoms with van der Waals surface area (Å²) in [6.07, 6.45) is 5.60. The van der Waals surface area contributed by atoms with Crippen LogP contribution >= 0.6 is 11.3 Å². The van der Waals surface area contributed by atoms with E-state index in [1.165, 1.54) is 10.4 Å². The lowest BCUT2D eigenvalue weighted by Gasteiger charge is -2.26. The Morgan fingerprint density at radius 1 is 1.44 bits per heavy atom. The summed E-state index contributed by atoms with van der Waals surface area (Å²) >= 11 is 1.74. The Morgan fingerprint density at radius 3 is 2.78 bits per heavy atom. The van der Waals surface area contributed by atoms with Crippen LogP contribution in [0.15, 0.2) is 11.4 Å². The number of carbonyl (C=O) groups excluding carboxylic acids is 1. The number of aryl methyl sites for hydroxylation is 2. The predicted molar refractivity (Wildman–Crippen MR) is 75.8 cm³/mol. The number of amides is 1. The summed E-state index contributed by atoms with van der Waals surface area (Å²) in [5.74, 6) is 0.184. The van der Waals surface area contributed by atoms with Crippen molar-refractivity contribution in [3.05, 3.63) is 21.9 Å². The van der Waals surface area contributed by atoms with Gasteiger partial charge in [-0.1, -0.05) is 0 Å². The summed E-state index contributed by atoms with van der Waals surface area (Å²) in [6, 6.07) is 2.80. The number of carbonyl (C=O) groups is 1. The highest BCUT2D eigenvalue weighted by atomic mass is 32.1. The lowest BCUT2D eigenvalue weighted by Crippen LogP contribution is -2.40. The molecular formula is C14H22N2OS. The number of thiophene rings is 1. The van der Waals surface area contributed by atoms with Gasteiger partial charge in [-0.2, -0.15) is 0 Å². The summed E-state index contributed by atoms with van der Waals surface area (Å²) in [4.78, 5) is 13.2. The van der Waals surface area contributed by atoms with E-state index < -0.39 is 0 Å². The van der Waals surface area contributed by atoms with Gasteiger partial charge >= 0.3 is 0 Å². The monoisotopic (exact) mass is 266 g/mol. The van der Waals surface area contributed by atoms with Gasteiger partial charge in [0.2, 0.25) is 5.91 Å². The number of hydrogen-bond acceptors (Lipinski definition) is 3. The second-order valence-electron chi connectivity index (χ2n) is 5.21. The molecule has 4 heteroatoms. The highest BCUT2D eigenvalue weighted by Gasteiger charge is 2.19. The van der Waals surface area contributed by atoms with Gasteiger partial charge in [-0.05, 0) is 56.0 Å².